The molecule has 10 heteroatoms. The van der Waals surface area contributed by atoms with Gasteiger partial charge in [-0.25, -0.2) is 9.37 Å². The first-order chi connectivity index (χ1) is 17.4. The van der Waals surface area contributed by atoms with Crippen LogP contribution in [0.25, 0.3) is 16.9 Å². The van der Waals surface area contributed by atoms with Gasteiger partial charge in [-0.05, 0) is 62.6 Å². The molecule has 0 atom stereocenters. The molecule has 0 amide bonds. The number of benzene rings is 1. The number of ether oxygens (including phenoxy) is 1. The highest BCUT2D eigenvalue weighted by molar-refractivity contribution is 5.83. The second kappa shape index (κ2) is 8.63. The van der Waals surface area contributed by atoms with Crippen LogP contribution in [-0.4, -0.2) is 56.3 Å². The summed E-state index contributed by atoms with van der Waals surface area (Å²) in [6, 6.07) is 10.3. The molecule has 0 spiro atoms. The average molecular weight is 490 g/mol. The van der Waals surface area contributed by atoms with Gasteiger partial charge < -0.3 is 19.6 Å². The number of piperidine rings is 1. The van der Waals surface area contributed by atoms with Gasteiger partial charge in [0.2, 0.25) is 0 Å². The number of pyridine rings is 1. The fourth-order valence-corrected chi connectivity index (χ4v) is 5.14. The summed E-state index contributed by atoms with van der Waals surface area (Å²) in [6.07, 6.45) is 4.54. The largest absolute Gasteiger partial charge is 0.495 e. The average Bonchev–Trinajstić information content (AvgIpc) is 3.56. The molecule has 5 heterocycles. The first-order valence-electron chi connectivity index (χ1n) is 12.1. The second-order valence-corrected chi connectivity index (χ2v) is 9.39. The number of aliphatic hydroxyl groups is 1. The highest BCUT2D eigenvalue weighted by Crippen LogP contribution is 2.40. The Hall–Kier alpha value is -3.92. The van der Waals surface area contributed by atoms with E-state index in [-0.39, 0.29) is 5.82 Å². The Morgan fingerprint density at radius 3 is 2.56 bits per heavy atom. The van der Waals surface area contributed by atoms with Crippen LogP contribution in [0.15, 0.2) is 60.2 Å². The molecule has 36 heavy (non-hydrogen) atoms. The second-order valence-electron chi connectivity index (χ2n) is 9.39. The molecular formula is C26H28FN7O2. The molecule has 4 aromatic rings. The zero-order valence-electron chi connectivity index (χ0n) is 20.3. The van der Waals surface area contributed by atoms with Crippen molar-refractivity contribution in [3.63, 3.8) is 0 Å². The smallest absolute Gasteiger partial charge is 0.177 e. The fourth-order valence-electron chi connectivity index (χ4n) is 5.14. The van der Waals surface area contributed by atoms with Crippen LogP contribution in [0, 0.1) is 5.82 Å². The van der Waals surface area contributed by atoms with Gasteiger partial charge in [0.25, 0.3) is 0 Å². The predicted octanol–water partition coefficient (Wildman–Crippen LogP) is 3.86. The minimum atomic E-state index is -1.06. The van der Waals surface area contributed by atoms with Crippen molar-refractivity contribution in [3.05, 3.63) is 71.6 Å². The summed E-state index contributed by atoms with van der Waals surface area (Å²) < 4.78 is 20.8. The first kappa shape index (κ1) is 22.5. The Kier molecular flexibility index (Phi) is 5.40. The molecule has 1 aromatic carbocycles. The van der Waals surface area contributed by atoms with Gasteiger partial charge in [0.05, 0.1) is 24.0 Å². The number of fused-ring (bicyclic) bond motifs is 1. The van der Waals surface area contributed by atoms with Crippen LogP contribution in [0.4, 0.5) is 15.9 Å². The maximum atomic E-state index is 13.4. The Balaban J connectivity index is 1.42. The maximum Gasteiger partial charge on any atom is 0.177 e. The van der Waals surface area contributed by atoms with E-state index in [1.54, 1.807) is 29.2 Å². The van der Waals surface area contributed by atoms with Crippen molar-refractivity contribution < 1.29 is 14.2 Å². The molecule has 2 N–H and O–H groups in total. The topological polar surface area (TPSA) is 95.3 Å². The lowest BCUT2D eigenvalue weighted by Gasteiger charge is -2.40. The van der Waals surface area contributed by atoms with E-state index in [0.29, 0.717) is 50.5 Å². The molecule has 186 valence electrons. The summed E-state index contributed by atoms with van der Waals surface area (Å²) in [4.78, 5) is 9.29. The van der Waals surface area contributed by atoms with Gasteiger partial charge >= 0.3 is 0 Å². The number of hydrogen-bond acceptors (Lipinski definition) is 7. The van der Waals surface area contributed by atoms with E-state index in [1.165, 1.54) is 12.1 Å². The normalized spacial score (nSPS) is 18.1. The fraction of sp³-hybridized carbons (Fsp3) is 0.346. The number of aromatic amines is 1. The number of allylic oxidation sites excluding steroid dienone is 2. The van der Waals surface area contributed by atoms with Crippen LogP contribution in [0.1, 0.15) is 32.3 Å². The van der Waals surface area contributed by atoms with Gasteiger partial charge in [-0.3, -0.25) is 5.10 Å². The molecule has 0 bridgehead atoms. The van der Waals surface area contributed by atoms with Gasteiger partial charge in [-0.15, -0.1) is 0 Å². The van der Waals surface area contributed by atoms with Crippen LogP contribution >= 0.6 is 0 Å². The van der Waals surface area contributed by atoms with Crippen LogP contribution in [0.2, 0.25) is 0 Å². The number of aromatic nitrogens is 5. The van der Waals surface area contributed by atoms with Crippen molar-refractivity contribution in [1.82, 2.24) is 25.0 Å². The molecular weight excluding hydrogens is 461 g/mol. The number of halogens is 1. The number of anilines is 2. The molecule has 0 radical (unpaired) electrons. The summed E-state index contributed by atoms with van der Waals surface area (Å²) in [7, 11) is 0. The molecule has 1 saturated heterocycles. The number of rotatable bonds is 4. The number of H-pyrrole nitrogens is 1. The molecule has 0 unspecified atom stereocenters. The van der Waals surface area contributed by atoms with E-state index < -0.39 is 5.60 Å². The first-order valence-corrected chi connectivity index (χ1v) is 12.1. The molecule has 2 aliphatic rings. The summed E-state index contributed by atoms with van der Waals surface area (Å²) in [5.74, 6) is 1.97. The lowest BCUT2D eigenvalue weighted by Crippen LogP contribution is -2.43. The molecule has 1 fully saturated rings. The van der Waals surface area contributed by atoms with Gasteiger partial charge in [0, 0.05) is 36.4 Å². The predicted molar refractivity (Wildman–Crippen MR) is 134 cm³/mol. The van der Waals surface area contributed by atoms with E-state index in [4.69, 9.17) is 9.72 Å². The number of hydrogen-bond donors (Lipinski definition) is 2. The summed E-state index contributed by atoms with van der Waals surface area (Å²) in [5, 5.41) is 24.5. The van der Waals surface area contributed by atoms with Gasteiger partial charge in [0.1, 0.15) is 24.0 Å². The zero-order valence-corrected chi connectivity index (χ0v) is 20.3. The Bertz CT molecular complexity index is 1420. The summed E-state index contributed by atoms with van der Waals surface area (Å²) in [5.41, 5.74) is 2.32. The maximum absolute atomic E-state index is 13.4. The van der Waals surface area contributed by atoms with Gasteiger partial charge in [0.15, 0.2) is 11.5 Å². The molecule has 6 rings (SSSR count). The van der Waals surface area contributed by atoms with Crippen LogP contribution in [-0.2, 0) is 10.3 Å². The van der Waals surface area contributed by atoms with Crippen LogP contribution in [0.5, 0.6) is 0 Å². The highest BCUT2D eigenvalue weighted by atomic mass is 19.1. The molecule has 0 saturated carbocycles. The van der Waals surface area contributed by atoms with Crippen LogP contribution < -0.4 is 9.80 Å². The minimum absolute atomic E-state index is 0.254. The van der Waals surface area contributed by atoms with Crippen molar-refractivity contribution in [3.8, 4) is 5.82 Å². The third kappa shape index (κ3) is 3.78. The summed E-state index contributed by atoms with van der Waals surface area (Å²) >= 11 is 0. The molecule has 2 aliphatic heterocycles. The van der Waals surface area contributed by atoms with Crippen molar-refractivity contribution >= 4 is 22.5 Å². The minimum Gasteiger partial charge on any atom is -0.495 e. The lowest BCUT2D eigenvalue weighted by molar-refractivity contribution is 0.0132. The molecule has 9 nitrogen and oxygen atoms in total. The van der Waals surface area contributed by atoms with Gasteiger partial charge in [-0.2, -0.15) is 14.9 Å². The highest BCUT2D eigenvalue weighted by Gasteiger charge is 2.37. The Morgan fingerprint density at radius 2 is 1.83 bits per heavy atom. The molecule has 0 aliphatic carbocycles. The standard InChI is InChI=1S/C26H28FN7O2/c1-17-18(2)36-14-13-33(17)24-15-22(21-16-29-34(25(21)30-24)23-7-10-28-31-23)26(35)8-11-32(12-9-26)20-5-3-19(27)4-6-20/h3-7,10,15-16,35H,8-9,11-14H2,1-2H3,(H,28,31). The Labute approximate surface area is 207 Å². The monoisotopic (exact) mass is 489 g/mol. The van der Waals surface area contributed by atoms with E-state index in [0.717, 1.165) is 33.9 Å². The molecule has 3 aromatic heterocycles. The Morgan fingerprint density at radius 1 is 1.06 bits per heavy atom. The van der Waals surface area contributed by atoms with Crippen molar-refractivity contribution in [2.75, 3.05) is 36.0 Å². The summed E-state index contributed by atoms with van der Waals surface area (Å²) in [6.45, 7) is 6.48. The van der Waals surface area contributed by atoms with Crippen LogP contribution in [0.3, 0.4) is 0 Å². The van der Waals surface area contributed by atoms with E-state index in [9.17, 15) is 9.50 Å². The van der Waals surface area contributed by atoms with Gasteiger partial charge in [-0.1, -0.05) is 0 Å². The third-order valence-corrected chi connectivity index (χ3v) is 7.34. The SMILES string of the molecule is CC1=C(C)N(c2cc(C3(O)CCN(c4ccc(F)cc4)CC3)c3cnn(-c4cc[nH]n4)c3n2)CCO1. The van der Waals surface area contributed by atoms with Crippen molar-refractivity contribution in [2.24, 2.45) is 0 Å². The van der Waals surface area contributed by atoms with E-state index >= 15 is 0 Å². The lowest BCUT2D eigenvalue weighted by atomic mass is 9.83. The number of nitrogens with zero attached hydrogens (tertiary/aromatic N) is 6. The zero-order chi connectivity index (χ0) is 24.9. The van der Waals surface area contributed by atoms with E-state index in [2.05, 4.69) is 25.1 Å². The third-order valence-electron chi connectivity index (χ3n) is 7.34. The van der Waals surface area contributed by atoms with E-state index in [1.807, 2.05) is 26.0 Å². The number of nitrogens with one attached hydrogen (secondary N) is 1. The quantitative estimate of drug-likeness (QED) is 0.450. The van der Waals surface area contributed by atoms with Crippen molar-refractivity contribution in [2.45, 2.75) is 32.3 Å². The van der Waals surface area contributed by atoms with Crippen molar-refractivity contribution in [1.29, 1.82) is 0 Å².